The van der Waals surface area contributed by atoms with E-state index in [-0.39, 0.29) is 18.1 Å². The Morgan fingerprint density at radius 1 is 1.00 bits per heavy atom. The van der Waals surface area contributed by atoms with E-state index < -0.39 is 12.1 Å². The van der Waals surface area contributed by atoms with Crippen LogP contribution in [0.4, 0.5) is 10.5 Å². The lowest BCUT2D eigenvalue weighted by Crippen LogP contribution is -2.26. The van der Waals surface area contributed by atoms with Gasteiger partial charge >= 0.3 is 12.1 Å². The smallest absolute Gasteiger partial charge is 0.407 e. The summed E-state index contributed by atoms with van der Waals surface area (Å²) in [6, 6.07) is 21.1. The number of nitrogen functional groups attached to an aromatic ring is 1. The molecule has 3 aromatic rings. The normalized spacial score (nSPS) is 12.4. The van der Waals surface area contributed by atoms with E-state index in [1.165, 1.54) is 28.3 Å². The molecule has 0 spiro atoms. The van der Waals surface area contributed by atoms with Gasteiger partial charge in [0.05, 0.1) is 5.56 Å². The van der Waals surface area contributed by atoms with Crippen molar-refractivity contribution in [1.29, 1.82) is 0 Å². The van der Waals surface area contributed by atoms with E-state index in [9.17, 15) is 9.59 Å². The SMILES string of the molecule is Nc1cc(C=CCCNC(=O)OCC2c3ccccc3-c3ccccc32)cc(C(=O)O)c1. The predicted octanol–water partition coefficient (Wildman–Crippen LogP) is 4.91. The third-order valence-corrected chi connectivity index (χ3v) is 5.46. The van der Waals surface area contributed by atoms with Crippen molar-refractivity contribution >= 4 is 23.8 Å². The molecule has 0 saturated carbocycles. The van der Waals surface area contributed by atoms with Crippen LogP contribution in [-0.2, 0) is 4.74 Å². The fourth-order valence-electron chi connectivity index (χ4n) is 4.02. The average Bonchev–Trinajstić information content (AvgIpc) is 3.11. The zero-order chi connectivity index (χ0) is 22.5. The van der Waals surface area contributed by atoms with E-state index in [1.54, 1.807) is 18.2 Å². The number of carbonyl (C=O) groups excluding carboxylic acids is 1. The molecule has 4 rings (SSSR count). The van der Waals surface area contributed by atoms with E-state index in [1.807, 2.05) is 30.3 Å². The van der Waals surface area contributed by atoms with Crippen molar-refractivity contribution in [3.05, 3.63) is 95.1 Å². The van der Waals surface area contributed by atoms with Gasteiger partial charge in [0.2, 0.25) is 0 Å². The van der Waals surface area contributed by atoms with Crippen LogP contribution in [0.25, 0.3) is 17.2 Å². The highest BCUT2D eigenvalue weighted by Crippen LogP contribution is 2.44. The van der Waals surface area contributed by atoms with Crippen molar-refractivity contribution in [2.45, 2.75) is 12.3 Å². The third-order valence-electron chi connectivity index (χ3n) is 5.46. The van der Waals surface area contributed by atoms with Crippen molar-refractivity contribution in [1.82, 2.24) is 5.32 Å². The fraction of sp³-hybridized carbons (Fsp3) is 0.154. The highest BCUT2D eigenvalue weighted by molar-refractivity contribution is 5.89. The quantitative estimate of drug-likeness (QED) is 0.367. The Morgan fingerprint density at radius 3 is 2.31 bits per heavy atom. The monoisotopic (exact) mass is 428 g/mol. The van der Waals surface area contributed by atoms with Crippen LogP contribution >= 0.6 is 0 Å². The molecular formula is C26H24N2O4. The first kappa shape index (κ1) is 21.2. The molecule has 0 radical (unpaired) electrons. The Kier molecular flexibility index (Phi) is 6.22. The summed E-state index contributed by atoms with van der Waals surface area (Å²) in [5.41, 5.74) is 11.7. The van der Waals surface area contributed by atoms with Gasteiger partial charge in [-0.3, -0.25) is 0 Å². The maximum atomic E-state index is 12.2. The van der Waals surface area contributed by atoms with Crippen LogP contribution in [0.15, 0.2) is 72.8 Å². The number of anilines is 1. The van der Waals surface area contributed by atoms with Gasteiger partial charge < -0.3 is 20.9 Å². The molecular weight excluding hydrogens is 404 g/mol. The lowest BCUT2D eigenvalue weighted by molar-refractivity contribution is 0.0696. The molecule has 6 nitrogen and oxygen atoms in total. The van der Waals surface area contributed by atoms with Crippen molar-refractivity contribution < 1.29 is 19.4 Å². The summed E-state index contributed by atoms with van der Waals surface area (Å²) in [4.78, 5) is 23.3. The number of carbonyl (C=O) groups is 2. The molecule has 0 unspecified atom stereocenters. The maximum Gasteiger partial charge on any atom is 0.407 e. The van der Waals surface area contributed by atoms with Crippen molar-refractivity contribution in [3.8, 4) is 11.1 Å². The van der Waals surface area contributed by atoms with E-state index in [0.717, 1.165) is 0 Å². The van der Waals surface area contributed by atoms with Crippen LogP contribution < -0.4 is 11.1 Å². The topological polar surface area (TPSA) is 102 Å². The van der Waals surface area contributed by atoms with E-state index in [4.69, 9.17) is 15.6 Å². The number of aromatic carboxylic acids is 1. The lowest BCUT2D eigenvalue weighted by Gasteiger charge is -2.14. The fourth-order valence-corrected chi connectivity index (χ4v) is 4.02. The second-order valence-electron chi connectivity index (χ2n) is 7.64. The van der Waals surface area contributed by atoms with Crippen molar-refractivity contribution in [3.63, 3.8) is 0 Å². The van der Waals surface area contributed by atoms with Gasteiger partial charge in [-0.05, 0) is 52.4 Å². The first-order valence-corrected chi connectivity index (χ1v) is 10.4. The highest BCUT2D eigenvalue weighted by Gasteiger charge is 2.28. The Morgan fingerprint density at radius 2 is 1.66 bits per heavy atom. The summed E-state index contributed by atoms with van der Waals surface area (Å²) in [6.07, 6.45) is 3.74. The summed E-state index contributed by atoms with van der Waals surface area (Å²) in [7, 11) is 0. The molecule has 4 N–H and O–H groups in total. The molecule has 0 fully saturated rings. The predicted molar refractivity (Wildman–Crippen MR) is 125 cm³/mol. The van der Waals surface area contributed by atoms with Gasteiger partial charge in [-0.15, -0.1) is 0 Å². The van der Waals surface area contributed by atoms with Crippen molar-refractivity contribution in [2.75, 3.05) is 18.9 Å². The van der Waals surface area contributed by atoms with Crippen LogP contribution in [0.2, 0.25) is 0 Å². The standard InChI is InChI=1S/C26H24N2O4/c27-19-14-17(13-18(15-19)25(29)30)7-5-6-12-28-26(31)32-16-24-22-10-3-1-8-20(22)21-9-2-4-11-23(21)24/h1-5,7-11,13-15,24H,6,12,16,27H2,(H,28,31)(H,29,30). The van der Waals surface area contributed by atoms with Gasteiger partial charge in [0, 0.05) is 18.2 Å². The summed E-state index contributed by atoms with van der Waals surface area (Å²) < 4.78 is 5.51. The zero-order valence-electron chi connectivity index (χ0n) is 17.5. The highest BCUT2D eigenvalue weighted by atomic mass is 16.5. The minimum Gasteiger partial charge on any atom is -0.478 e. The first-order chi connectivity index (χ1) is 15.5. The number of ether oxygens (including phenoxy) is 1. The minimum absolute atomic E-state index is 0.0278. The number of hydrogen-bond donors (Lipinski definition) is 3. The number of amides is 1. The molecule has 32 heavy (non-hydrogen) atoms. The number of hydrogen-bond acceptors (Lipinski definition) is 4. The van der Waals surface area contributed by atoms with Crippen LogP contribution in [-0.4, -0.2) is 30.3 Å². The summed E-state index contributed by atoms with van der Waals surface area (Å²) in [5, 5.41) is 11.9. The number of fused-ring (bicyclic) bond motifs is 3. The molecule has 3 aromatic carbocycles. The Hall–Kier alpha value is -4.06. The largest absolute Gasteiger partial charge is 0.478 e. The number of nitrogens with two attached hydrogens (primary N) is 1. The van der Waals surface area contributed by atoms with Crippen LogP contribution in [0.5, 0.6) is 0 Å². The molecule has 0 aliphatic heterocycles. The minimum atomic E-state index is -1.02. The van der Waals surface area contributed by atoms with E-state index in [2.05, 4.69) is 29.6 Å². The molecule has 1 amide bonds. The molecule has 162 valence electrons. The van der Waals surface area contributed by atoms with Gasteiger partial charge in [-0.2, -0.15) is 0 Å². The van der Waals surface area contributed by atoms with Crippen LogP contribution in [0, 0.1) is 0 Å². The molecule has 0 saturated heterocycles. The third kappa shape index (κ3) is 4.64. The lowest BCUT2D eigenvalue weighted by atomic mass is 9.98. The first-order valence-electron chi connectivity index (χ1n) is 10.4. The number of carboxylic acids is 1. The van der Waals surface area contributed by atoms with Gasteiger partial charge in [0.25, 0.3) is 0 Å². The van der Waals surface area contributed by atoms with E-state index >= 15 is 0 Å². The molecule has 0 bridgehead atoms. The van der Waals surface area contributed by atoms with E-state index in [0.29, 0.717) is 24.2 Å². The molecule has 6 heteroatoms. The van der Waals surface area contributed by atoms with Gasteiger partial charge in [0.15, 0.2) is 0 Å². The summed E-state index contributed by atoms with van der Waals surface area (Å²) >= 11 is 0. The number of alkyl carbamates (subject to hydrolysis) is 1. The second-order valence-corrected chi connectivity index (χ2v) is 7.64. The number of benzene rings is 3. The molecule has 0 atom stereocenters. The number of nitrogens with one attached hydrogen (secondary N) is 1. The van der Waals surface area contributed by atoms with Gasteiger partial charge in [-0.1, -0.05) is 60.7 Å². The van der Waals surface area contributed by atoms with Crippen molar-refractivity contribution in [2.24, 2.45) is 0 Å². The maximum absolute atomic E-state index is 12.2. The summed E-state index contributed by atoms with van der Waals surface area (Å²) in [6.45, 7) is 0.679. The Bertz CT molecular complexity index is 1140. The van der Waals surface area contributed by atoms with Crippen LogP contribution in [0.1, 0.15) is 39.4 Å². The Labute approximate surface area is 186 Å². The molecule has 0 heterocycles. The van der Waals surface area contributed by atoms with Gasteiger partial charge in [0.1, 0.15) is 6.61 Å². The number of carboxylic acid groups (broad SMARTS) is 1. The average molecular weight is 428 g/mol. The van der Waals surface area contributed by atoms with Crippen LogP contribution in [0.3, 0.4) is 0 Å². The molecule has 1 aliphatic rings. The zero-order valence-corrected chi connectivity index (χ0v) is 17.5. The second kappa shape index (κ2) is 9.39. The van der Waals surface area contributed by atoms with Gasteiger partial charge in [-0.25, -0.2) is 9.59 Å². The molecule has 1 aliphatic carbocycles. The summed E-state index contributed by atoms with van der Waals surface area (Å²) in [5.74, 6) is -0.996. The number of rotatable bonds is 7. The Balaban J connectivity index is 1.28. The molecule has 0 aromatic heterocycles.